The molecule has 0 saturated carbocycles. The Balaban J connectivity index is 2.24. The van der Waals surface area contributed by atoms with Crippen molar-refractivity contribution in [2.45, 2.75) is 24.0 Å². The van der Waals surface area contributed by atoms with Gasteiger partial charge in [0, 0.05) is 6.07 Å². The van der Waals surface area contributed by atoms with Crippen LogP contribution in [0.25, 0.3) is 0 Å². The second-order valence-electron chi connectivity index (χ2n) is 4.44. The summed E-state index contributed by atoms with van der Waals surface area (Å²) in [5, 5.41) is 4.73. The van der Waals surface area contributed by atoms with Crippen molar-refractivity contribution < 1.29 is 17.7 Å². The second-order valence-corrected chi connectivity index (χ2v) is 7.08. The largest absolute Gasteiger partial charge is 0.338 e. The summed E-state index contributed by atoms with van der Waals surface area (Å²) in [4.78, 5) is 12.0. The van der Waals surface area contributed by atoms with Crippen LogP contribution in [0.15, 0.2) is 39.8 Å². The minimum atomic E-state index is -3.89. The van der Waals surface area contributed by atoms with Gasteiger partial charge in [0.15, 0.2) is 9.84 Å². The standard InChI is InChI=1S/C13H13ClN2O4S/c1-8-7-12(20-16-8)15-13(17)9(2)21(18,19)11-6-4-3-5-10(11)14/h3-7,9H,1-2H3,(H,15,17)/t9-/m1/s1. The lowest BCUT2D eigenvalue weighted by atomic mass is 10.4. The molecule has 0 aliphatic heterocycles. The molecule has 0 spiro atoms. The van der Waals surface area contributed by atoms with Crippen molar-refractivity contribution in [3.63, 3.8) is 0 Å². The van der Waals surface area contributed by atoms with E-state index in [9.17, 15) is 13.2 Å². The number of hydrogen-bond donors (Lipinski definition) is 1. The maximum atomic E-state index is 12.4. The lowest BCUT2D eigenvalue weighted by molar-refractivity contribution is -0.115. The number of aromatic nitrogens is 1. The van der Waals surface area contributed by atoms with Crippen molar-refractivity contribution in [1.82, 2.24) is 5.16 Å². The van der Waals surface area contributed by atoms with E-state index in [0.717, 1.165) is 0 Å². The van der Waals surface area contributed by atoms with Gasteiger partial charge in [-0.1, -0.05) is 28.9 Å². The SMILES string of the molecule is Cc1cc(NC(=O)[C@@H](C)S(=O)(=O)c2ccccc2Cl)on1. The van der Waals surface area contributed by atoms with Crippen LogP contribution in [0.1, 0.15) is 12.6 Å². The predicted octanol–water partition coefficient (Wildman–Crippen LogP) is 2.44. The maximum Gasteiger partial charge on any atom is 0.245 e. The molecular weight excluding hydrogens is 316 g/mol. The van der Waals surface area contributed by atoms with Crippen molar-refractivity contribution >= 4 is 33.2 Å². The summed E-state index contributed by atoms with van der Waals surface area (Å²) in [6.07, 6.45) is 0. The van der Waals surface area contributed by atoms with Gasteiger partial charge in [0.05, 0.1) is 15.6 Å². The summed E-state index contributed by atoms with van der Waals surface area (Å²) < 4.78 is 29.6. The third-order valence-corrected chi connectivity index (χ3v) is 5.41. The van der Waals surface area contributed by atoms with Crippen LogP contribution < -0.4 is 5.32 Å². The summed E-state index contributed by atoms with van der Waals surface area (Å²) >= 11 is 5.88. The third kappa shape index (κ3) is 3.25. The number of rotatable bonds is 4. The Bertz CT molecular complexity index is 770. The lowest BCUT2D eigenvalue weighted by Crippen LogP contribution is -2.32. The molecule has 6 nitrogen and oxygen atoms in total. The van der Waals surface area contributed by atoms with Gasteiger partial charge < -0.3 is 4.52 Å². The van der Waals surface area contributed by atoms with Crippen molar-refractivity contribution in [1.29, 1.82) is 0 Å². The van der Waals surface area contributed by atoms with Gasteiger partial charge in [-0.2, -0.15) is 0 Å². The highest BCUT2D eigenvalue weighted by Gasteiger charge is 2.31. The molecule has 0 bridgehead atoms. The molecule has 8 heteroatoms. The van der Waals surface area contributed by atoms with Crippen LogP contribution in [-0.2, 0) is 14.6 Å². The van der Waals surface area contributed by atoms with Crippen molar-refractivity contribution in [2.75, 3.05) is 5.32 Å². The van der Waals surface area contributed by atoms with Crippen molar-refractivity contribution in [3.8, 4) is 0 Å². The number of nitrogens with zero attached hydrogens (tertiary/aromatic N) is 1. The van der Waals surface area contributed by atoms with Crippen LogP contribution in [0, 0.1) is 6.92 Å². The Hall–Kier alpha value is -1.86. The fraction of sp³-hybridized carbons (Fsp3) is 0.231. The first kappa shape index (κ1) is 15.5. The van der Waals surface area contributed by atoms with Gasteiger partial charge in [-0.15, -0.1) is 0 Å². The summed E-state index contributed by atoms with van der Waals surface area (Å²) in [5.41, 5.74) is 0.576. The van der Waals surface area contributed by atoms with Crippen LogP contribution in [0.2, 0.25) is 5.02 Å². The van der Waals surface area contributed by atoms with E-state index in [2.05, 4.69) is 10.5 Å². The lowest BCUT2D eigenvalue weighted by Gasteiger charge is -2.13. The number of halogens is 1. The molecule has 0 radical (unpaired) electrons. The number of nitrogens with one attached hydrogen (secondary N) is 1. The van der Waals surface area contributed by atoms with E-state index >= 15 is 0 Å². The number of benzene rings is 1. The van der Waals surface area contributed by atoms with E-state index in [1.807, 2.05) is 0 Å². The fourth-order valence-electron chi connectivity index (χ4n) is 1.65. The van der Waals surface area contributed by atoms with Crippen LogP contribution >= 0.6 is 11.6 Å². The molecule has 2 rings (SSSR count). The quantitative estimate of drug-likeness (QED) is 0.931. The molecule has 1 aromatic heterocycles. The molecule has 0 aliphatic carbocycles. The maximum absolute atomic E-state index is 12.4. The van der Waals surface area contributed by atoms with E-state index in [0.29, 0.717) is 5.69 Å². The number of amides is 1. The first-order valence-electron chi connectivity index (χ1n) is 6.05. The Kier molecular flexibility index (Phi) is 4.34. The summed E-state index contributed by atoms with van der Waals surface area (Å²) in [6, 6.07) is 7.47. The summed E-state index contributed by atoms with van der Waals surface area (Å²) in [5.74, 6) is -0.621. The van der Waals surface area contributed by atoms with Crippen molar-refractivity contribution in [2.24, 2.45) is 0 Å². The van der Waals surface area contributed by atoms with Gasteiger partial charge in [0.1, 0.15) is 5.25 Å². The number of carbonyl (C=O) groups is 1. The molecule has 1 heterocycles. The zero-order valence-corrected chi connectivity index (χ0v) is 12.9. The smallest absolute Gasteiger partial charge is 0.245 e. The van der Waals surface area contributed by atoms with E-state index in [-0.39, 0.29) is 15.8 Å². The van der Waals surface area contributed by atoms with Gasteiger partial charge in [0.2, 0.25) is 11.8 Å². The van der Waals surface area contributed by atoms with Gasteiger partial charge in [-0.05, 0) is 26.0 Å². The summed E-state index contributed by atoms with van der Waals surface area (Å²) in [6.45, 7) is 2.97. The number of anilines is 1. The molecule has 1 amide bonds. The Morgan fingerprint density at radius 2 is 2.05 bits per heavy atom. The highest BCUT2D eigenvalue weighted by molar-refractivity contribution is 7.93. The van der Waals surface area contributed by atoms with Crippen LogP contribution in [0.5, 0.6) is 0 Å². The van der Waals surface area contributed by atoms with Gasteiger partial charge >= 0.3 is 0 Å². The molecule has 2 aromatic rings. The van der Waals surface area contributed by atoms with Gasteiger partial charge in [-0.25, -0.2) is 8.42 Å². The van der Waals surface area contributed by atoms with E-state index in [1.165, 1.54) is 25.1 Å². The average molecular weight is 329 g/mol. The number of aryl methyl sites for hydroxylation is 1. The Morgan fingerprint density at radius 3 is 2.62 bits per heavy atom. The van der Waals surface area contributed by atoms with Gasteiger partial charge in [-0.3, -0.25) is 10.1 Å². The van der Waals surface area contributed by atoms with Crippen LogP contribution in [0.4, 0.5) is 5.88 Å². The normalized spacial score (nSPS) is 12.9. The fourth-order valence-corrected chi connectivity index (χ4v) is 3.44. The van der Waals surface area contributed by atoms with Crippen molar-refractivity contribution in [3.05, 3.63) is 41.0 Å². The molecule has 0 unspecified atom stereocenters. The molecule has 0 aliphatic rings. The topological polar surface area (TPSA) is 89.3 Å². The number of carbonyl (C=O) groups excluding carboxylic acids is 1. The Morgan fingerprint density at radius 1 is 1.38 bits per heavy atom. The highest BCUT2D eigenvalue weighted by Crippen LogP contribution is 2.25. The predicted molar refractivity (Wildman–Crippen MR) is 78.0 cm³/mol. The minimum Gasteiger partial charge on any atom is -0.338 e. The molecule has 21 heavy (non-hydrogen) atoms. The second kappa shape index (κ2) is 5.87. The molecule has 0 saturated heterocycles. The number of sulfone groups is 1. The Labute approximate surface area is 127 Å². The molecular formula is C13H13ClN2O4S. The van der Waals surface area contributed by atoms with E-state index in [1.54, 1.807) is 19.1 Å². The zero-order valence-electron chi connectivity index (χ0n) is 11.3. The molecule has 1 aromatic carbocycles. The summed E-state index contributed by atoms with van der Waals surface area (Å²) in [7, 11) is -3.89. The first-order valence-corrected chi connectivity index (χ1v) is 7.97. The average Bonchev–Trinajstić information content (AvgIpc) is 2.83. The number of hydrogen-bond acceptors (Lipinski definition) is 5. The molecule has 0 fully saturated rings. The van der Waals surface area contributed by atoms with E-state index < -0.39 is 21.0 Å². The zero-order chi connectivity index (χ0) is 15.6. The first-order chi connectivity index (χ1) is 9.82. The minimum absolute atomic E-state index is 0.0765. The molecule has 1 atom stereocenters. The van der Waals surface area contributed by atoms with Gasteiger partial charge in [0.25, 0.3) is 0 Å². The third-order valence-electron chi connectivity index (χ3n) is 2.85. The van der Waals surface area contributed by atoms with E-state index in [4.69, 9.17) is 16.1 Å². The highest BCUT2D eigenvalue weighted by atomic mass is 35.5. The van der Waals surface area contributed by atoms with Crippen LogP contribution in [0.3, 0.4) is 0 Å². The molecule has 1 N–H and O–H groups in total. The van der Waals surface area contributed by atoms with Crippen LogP contribution in [-0.4, -0.2) is 24.7 Å². The monoisotopic (exact) mass is 328 g/mol. The molecule has 112 valence electrons.